The molecule has 0 N–H and O–H groups in total. The molecule has 2 atom stereocenters. The van der Waals surface area contributed by atoms with E-state index < -0.39 is 11.7 Å². The summed E-state index contributed by atoms with van der Waals surface area (Å²) in [6.07, 6.45) is -1.25. The van der Waals surface area contributed by atoms with Gasteiger partial charge in [-0.3, -0.25) is 4.79 Å². The zero-order valence-electron chi connectivity index (χ0n) is 15.7. The second-order valence-electron chi connectivity index (χ2n) is 7.65. The van der Waals surface area contributed by atoms with Crippen LogP contribution in [-0.2, 0) is 10.9 Å². The first-order valence-electron chi connectivity index (χ1n) is 9.44. The lowest BCUT2D eigenvalue weighted by Gasteiger charge is -2.35. The number of amides is 1. The Labute approximate surface area is 161 Å². The van der Waals surface area contributed by atoms with Gasteiger partial charge in [0, 0.05) is 19.0 Å². The third kappa shape index (κ3) is 3.65. The summed E-state index contributed by atoms with van der Waals surface area (Å²) in [5.41, 5.74) is 0.766. The van der Waals surface area contributed by atoms with Crippen molar-refractivity contribution in [1.82, 2.24) is 14.7 Å². The highest BCUT2D eigenvalue weighted by molar-refractivity contribution is 5.95. The van der Waals surface area contributed by atoms with Gasteiger partial charge in [-0.2, -0.15) is 18.3 Å². The fourth-order valence-electron chi connectivity index (χ4n) is 3.81. The molecule has 1 saturated carbocycles. The fourth-order valence-corrected chi connectivity index (χ4v) is 3.81. The molecule has 0 radical (unpaired) electrons. The molecule has 0 spiro atoms. The van der Waals surface area contributed by atoms with E-state index in [0.29, 0.717) is 30.0 Å². The van der Waals surface area contributed by atoms with Crippen molar-refractivity contribution >= 4 is 5.91 Å². The summed E-state index contributed by atoms with van der Waals surface area (Å²) in [6.45, 7) is 4.82. The van der Waals surface area contributed by atoms with Crippen molar-refractivity contribution < 1.29 is 22.7 Å². The maximum absolute atomic E-state index is 13.2. The molecule has 0 unspecified atom stereocenters. The van der Waals surface area contributed by atoms with Crippen LogP contribution >= 0.6 is 0 Å². The van der Waals surface area contributed by atoms with Crippen LogP contribution in [0.25, 0.3) is 5.69 Å². The number of hydrogen-bond acceptors (Lipinski definition) is 3. The summed E-state index contributed by atoms with van der Waals surface area (Å²) in [6, 6.07) is 5.06. The van der Waals surface area contributed by atoms with E-state index in [2.05, 4.69) is 5.10 Å². The van der Waals surface area contributed by atoms with E-state index in [9.17, 15) is 18.0 Å². The van der Waals surface area contributed by atoms with Crippen LogP contribution in [0.4, 0.5) is 13.2 Å². The SMILES string of the molecule is C[C@@H]1CN(C(=O)c2cnn(-c3cccc(C(F)(F)F)c3)c2C2CC2)C[C@H](C)O1. The van der Waals surface area contributed by atoms with Gasteiger partial charge in [-0.25, -0.2) is 4.68 Å². The lowest BCUT2D eigenvalue weighted by Crippen LogP contribution is -2.48. The standard InChI is InChI=1S/C20H22F3N3O2/c1-12-10-25(11-13(2)28-12)19(27)17-9-24-26(18(17)14-6-7-14)16-5-3-4-15(8-16)20(21,22)23/h3-5,8-9,12-14H,6-7,10-11H2,1-2H3/t12-,13+. The fraction of sp³-hybridized carbons (Fsp3) is 0.500. The number of carbonyl (C=O) groups excluding carboxylic acids is 1. The summed E-state index contributed by atoms with van der Waals surface area (Å²) in [4.78, 5) is 14.9. The van der Waals surface area contributed by atoms with Gasteiger partial charge in [0.15, 0.2) is 0 Å². The third-order valence-corrected chi connectivity index (χ3v) is 5.13. The van der Waals surface area contributed by atoms with Gasteiger partial charge in [-0.1, -0.05) is 6.07 Å². The summed E-state index contributed by atoms with van der Waals surface area (Å²) < 4.78 is 46.5. The zero-order valence-corrected chi connectivity index (χ0v) is 15.7. The molecule has 4 rings (SSSR count). The lowest BCUT2D eigenvalue weighted by molar-refractivity contribution is -0.137. The molecule has 1 aromatic carbocycles. The van der Waals surface area contributed by atoms with E-state index in [1.165, 1.54) is 16.9 Å². The lowest BCUT2D eigenvalue weighted by atomic mass is 10.1. The molecule has 1 amide bonds. The minimum absolute atomic E-state index is 0.0596. The van der Waals surface area contributed by atoms with Crippen molar-refractivity contribution in [3.05, 3.63) is 47.3 Å². The number of morpholine rings is 1. The van der Waals surface area contributed by atoms with Crippen LogP contribution in [0.15, 0.2) is 30.5 Å². The molecule has 2 fully saturated rings. The topological polar surface area (TPSA) is 47.4 Å². The van der Waals surface area contributed by atoms with Crippen molar-refractivity contribution in [3.63, 3.8) is 0 Å². The first kappa shape index (κ1) is 19.0. The number of benzene rings is 1. The van der Waals surface area contributed by atoms with Crippen LogP contribution in [-0.4, -0.2) is 45.9 Å². The van der Waals surface area contributed by atoms with Gasteiger partial charge < -0.3 is 9.64 Å². The highest BCUT2D eigenvalue weighted by atomic mass is 19.4. The van der Waals surface area contributed by atoms with E-state index in [1.807, 2.05) is 13.8 Å². The number of halogens is 3. The van der Waals surface area contributed by atoms with E-state index in [1.54, 1.807) is 11.0 Å². The molecular formula is C20H22F3N3O2. The molecular weight excluding hydrogens is 371 g/mol. The first-order chi connectivity index (χ1) is 13.2. The van der Waals surface area contributed by atoms with Crippen LogP contribution < -0.4 is 0 Å². The van der Waals surface area contributed by atoms with Gasteiger partial charge >= 0.3 is 6.18 Å². The monoisotopic (exact) mass is 393 g/mol. The Hall–Kier alpha value is -2.35. The second-order valence-corrected chi connectivity index (χ2v) is 7.65. The van der Waals surface area contributed by atoms with Crippen LogP contribution in [0.2, 0.25) is 0 Å². The minimum Gasteiger partial charge on any atom is -0.372 e. The molecule has 1 aliphatic carbocycles. The van der Waals surface area contributed by atoms with Gasteiger partial charge in [0.2, 0.25) is 0 Å². The van der Waals surface area contributed by atoms with Gasteiger partial charge in [-0.15, -0.1) is 0 Å². The van der Waals surface area contributed by atoms with Gasteiger partial charge in [0.25, 0.3) is 5.91 Å². The van der Waals surface area contributed by atoms with Crippen molar-refractivity contribution in [2.24, 2.45) is 0 Å². The van der Waals surface area contributed by atoms with Gasteiger partial charge in [0.1, 0.15) is 0 Å². The molecule has 5 nitrogen and oxygen atoms in total. The molecule has 2 aliphatic rings. The number of ether oxygens (including phenoxy) is 1. The largest absolute Gasteiger partial charge is 0.416 e. The molecule has 2 heterocycles. The van der Waals surface area contributed by atoms with E-state index in [4.69, 9.17) is 4.74 Å². The van der Waals surface area contributed by atoms with Crippen molar-refractivity contribution in [2.75, 3.05) is 13.1 Å². The third-order valence-electron chi connectivity index (χ3n) is 5.13. The second kappa shape index (κ2) is 6.92. The zero-order chi connectivity index (χ0) is 20.1. The molecule has 1 aromatic heterocycles. The van der Waals surface area contributed by atoms with Crippen molar-refractivity contribution in [2.45, 2.75) is 51.0 Å². The van der Waals surface area contributed by atoms with Crippen LogP contribution in [0.1, 0.15) is 54.2 Å². The quantitative estimate of drug-likeness (QED) is 0.792. The Bertz CT molecular complexity index is 879. The number of hydrogen-bond donors (Lipinski definition) is 0. The summed E-state index contributed by atoms with van der Waals surface area (Å²) >= 11 is 0. The summed E-state index contributed by atoms with van der Waals surface area (Å²) in [5, 5.41) is 4.30. The summed E-state index contributed by atoms with van der Waals surface area (Å²) in [7, 11) is 0. The Morgan fingerprint density at radius 3 is 2.46 bits per heavy atom. The Morgan fingerprint density at radius 1 is 1.18 bits per heavy atom. The molecule has 28 heavy (non-hydrogen) atoms. The average Bonchev–Trinajstić information content (AvgIpc) is 3.37. The van der Waals surface area contributed by atoms with Crippen molar-refractivity contribution in [3.8, 4) is 5.69 Å². The van der Waals surface area contributed by atoms with Crippen LogP contribution in [0.3, 0.4) is 0 Å². The molecule has 2 aromatic rings. The van der Waals surface area contributed by atoms with E-state index in [-0.39, 0.29) is 24.0 Å². The van der Waals surface area contributed by atoms with E-state index >= 15 is 0 Å². The number of aromatic nitrogens is 2. The molecule has 1 aliphatic heterocycles. The van der Waals surface area contributed by atoms with Crippen LogP contribution in [0, 0.1) is 0 Å². The van der Waals surface area contributed by atoms with Crippen LogP contribution in [0.5, 0.6) is 0 Å². The summed E-state index contributed by atoms with van der Waals surface area (Å²) in [5.74, 6) is 0.00834. The number of nitrogens with zero attached hydrogens (tertiary/aromatic N) is 3. The molecule has 8 heteroatoms. The molecule has 150 valence electrons. The predicted molar refractivity (Wildman–Crippen MR) is 96.5 cm³/mol. The van der Waals surface area contributed by atoms with Gasteiger partial charge in [0.05, 0.1) is 40.9 Å². The van der Waals surface area contributed by atoms with Crippen molar-refractivity contribution in [1.29, 1.82) is 0 Å². The highest BCUT2D eigenvalue weighted by Crippen LogP contribution is 2.43. The Morgan fingerprint density at radius 2 is 1.86 bits per heavy atom. The predicted octanol–water partition coefficient (Wildman–Crippen LogP) is 4.02. The van der Waals surface area contributed by atoms with Gasteiger partial charge in [-0.05, 0) is 44.9 Å². The normalized spacial score (nSPS) is 23.1. The maximum Gasteiger partial charge on any atom is 0.416 e. The molecule has 0 bridgehead atoms. The Kier molecular flexibility index (Phi) is 4.69. The average molecular weight is 393 g/mol. The Balaban J connectivity index is 1.70. The highest BCUT2D eigenvalue weighted by Gasteiger charge is 2.36. The smallest absolute Gasteiger partial charge is 0.372 e. The maximum atomic E-state index is 13.2. The first-order valence-corrected chi connectivity index (χ1v) is 9.44. The minimum atomic E-state index is -4.43. The number of alkyl halides is 3. The number of carbonyl (C=O) groups is 1. The van der Waals surface area contributed by atoms with E-state index in [0.717, 1.165) is 25.0 Å². The molecule has 1 saturated heterocycles. The number of rotatable bonds is 3.